The minimum atomic E-state index is -0.626. The molecule has 0 unspecified atom stereocenters. The number of nitrogens with two attached hydrogens (primary N) is 2. The Morgan fingerprint density at radius 3 is 2.45 bits per heavy atom. The Bertz CT molecular complexity index is 639. The molecule has 0 bridgehead atoms. The molecule has 0 atom stereocenters. The zero-order chi connectivity index (χ0) is 15.0. The molecule has 0 saturated carbocycles. The highest BCUT2D eigenvalue weighted by Gasteiger charge is 2.25. The second-order valence-electron chi connectivity index (χ2n) is 5.28. The molecule has 4 N–H and O–H groups in total. The predicted octanol–water partition coefficient (Wildman–Crippen LogP) is 1.92. The van der Waals surface area contributed by atoms with Crippen LogP contribution in [0.25, 0.3) is 11.4 Å². The van der Waals surface area contributed by atoms with E-state index in [9.17, 15) is 4.79 Å². The lowest BCUT2D eigenvalue weighted by Gasteiger charge is -2.06. The average Bonchev–Trinajstić information content (AvgIpc) is 2.92. The maximum atomic E-state index is 11.6. The van der Waals surface area contributed by atoms with Crippen LogP contribution in [0.5, 0.6) is 0 Å². The third-order valence-corrected chi connectivity index (χ3v) is 3.02. The molecule has 1 amide bonds. The molecule has 0 spiro atoms. The summed E-state index contributed by atoms with van der Waals surface area (Å²) in [7, 11) is 0. The largest absolute Gasteiger partial charge is 0.383 e. The molecule has 0 fully saturated rings. The number of nitrogens with zero attached hydrogens (tertiary/aromatic N) is 3. The predicted molar refractivity (Wildman–Crippen MR) is 75.1 cm³/mol. The fraction of sp³-hybridized carbons (Fsp3) is 0.462. The van der Waals surface area contributed by atoms with Crippen LogP contribution in [0, 0.1) is 0 Å². The van der Waals surface area contributed by atoms with E-state index in [1.807, 2.05) is 27.7 Å². The van der Waals surface area contributed by atoms with Gasteiger partial charge in [0, 0.05) is 18.0 Å². The van der Waals surface area contributed by atoms with Gasteiger partial charge >= 0.3 is 0 Å². The van der Waals surface area contributed by atoms with Gasteiger partial charge in [-0.15, -0.1) is 0 Å². The first kappa shape index (κ1) is 14.1. The summed E-state index contributed by atoms with van der Waals surface area (Å²) in [4.78, 5) is 11.6. The van der Waals surface area contributed by atoms with Crippen molar-refractivity contribution in [3.63, 3.8) is 0 Å². The summed E-state index contributed by atoms with van der Waals surface area (Å²) in [5.74, 6) is 0.529. The number of primary amides is 1. The van der Waals surface area contributed by atoms with Crippen molar-refractivity contribution in [3.05, 3.63) is 17.4 Å². The van der Waals surface area contributed by atoms with Crippen LogP contribution in [0.4, 0.5) is 5.82 Å². The first-order valence-electron chi connectivity index (χ1n) is 6.47. The van der Waals surface area contributed by atoms with Crippen LogP contribution >= 0.6 is 0 Å². The van der Waals surface area contributed by atoms with Crippen molar-refractivity contribution in [3.8, 4) is 11.4 Å². The van der Waals surface area contributed by atoms with E-state index in [1.165, 1.54) is 0 Å². The molecule has 2 aromatic heterocycles. The van der Waals surface area contributed by atoms with Crippen molar-refractivity contribution in [2.45, 2.75) is 39.7 Å². The third-order valence-electron chi connectivity index (χ3n) is 3.02. The highest BCUT2D eigenvalue weighted by molar-refractivity contribution is 6.02. The van der Waals surface area contributed by atoms with Crippen molar-refractivity contribution >= 4 is 11.7 Å². The summed E-state index contributed by atoms with van der Waals surface area (Å²) in [6.45, 7) is 7.81. The Hall–Kier alpha value is -2.31. The van der Waals surface area contributed by atoms with Gasteiger partial charge in [-0.05, 0) is 13.8 Å². The monoisotopic (exact) mass is 277 g/mol. The zero-order valence-corrected chi connectivity index (χ0v) is 12.0. The quantitative estimate of drug-likeness (QED) is 0.886. The van der Waals surface area contributed by atoms with Gasteiger partial charge in [-0.25, -0.2) is 4.68 Å². The Morgan fingerprint density at radius 1 is 1.35 bits per heavy atom. The topological polar surface area (TPSA) is 113 Å². The summed E-state index contributed by atoms with van der Waals surface area (Å²) < 4.78 is 6.79. The molecule has 108 valence electrons. The molecular weight excluding hydrogens is 258 g/mol. The molecule has 7 nitrogen and oxygen atoms in total. The Morgan fingerprint density at radius 2 is 2.00 bits per heavy atom. The van der Waals surface area contributed by atoms with Gasteiger partial charge in [0.2, 0.25) is 0 Å². The average molecular weight is 277 g/mol. The van der Waals surface area contributed by atoms with Crippen LogP contribution in [0.3, 0.4) is 0 Å². The lowest BCUT2D eigenvalue weighted by molar-refractivity contribution is 0.100. The zero-order valence-electron chi connectivity index (χ0n) is 12.0. The lowest BCUT2D eigenvalue weighted by Crippen LogP contribution is -2.15. The molecule has 7 heteroatoms. The standard InChI is InChI=1S/C13H19N5O2/c1-6(2)9-5-8(17-20-9)11-10(13(15)19)12(14)18(16-11)7(3)4/h5-7H,14H2,1-4H3,(H2,15,19). The maximum Gasteiger partial charge on any atom is 0.254 e. The van der Waals surface area contributed by atoms with Crippen molar-refractivity contribution in [2.24, 2.45) is 5.73 Å². The molecule has 0 aliphatic rings. The van der Waals surface area contributed by atoms with Crippen LogP contribution in [0.15, 0.2) is 10.6 Å². The first-order valence-corrected chi connectivity index (χ1v) is 6.47. The van der Waals surface area contributed by atoms with Crippen LogP contribution in [-0.4, -0.2) is 20.8 Å². The minimum Gasteiger partial charge on any atom is -0.383 e. The molecule has 0 aliphatic heterocycles. The number of hydrogen-bond donors (Lipinski definition) is 2. The van der Waals surface area contributed by atoms with Crippen LogP contribution in [0.2, 0.25) is 0 Å². The van der Waals surface area contributed by atoms with Gasteiger partial charge in [-0.1, -0.05) is 19.0 Å². The van der Waals surface area contributed by atoms with Crippen molar-refractivity contribution in [1.29, 1.82) is 0 Å². The Kier molecular flexibility index (Phi) is 3.52. The number of carbonyl (C=O) groups is 1. The van der Waals surface area contributed by atoms with Crippen molar-refractivity contribution < 1.29 is 9.32 Å². The second kappa shape index (κ2) is 4.99. The number of aromatic nitrogens is 3. The molecule has 2 rings (SSSR count). The van der Waals surface area contributed by atoms with E-state index >= 15 is 0 Å². The fourth-order valence-electron chi connectivity index (χ4n) is 1.94. The minimum absolute atomic E-state index is 0.0123. The first-order chi connectivity index (χ1) is 9.32. The maximum absolute atomic E-state index is 11.6. The number of carbonyl (C=O) groups excluding carboxylic acids is 1. The number of rotatable bonds is 4. The summed E-state index contributed by atoms with van der Waals surface area (Å²) in [5, 5.41) is 8.29. The number of nitrogen functional groups attached to an aromatic ring is 1. The SMILES string of the molecule is CC(C)c1cc(-c2nn(C(C)C)c(N)c2C(N)=O)no1. The van der Waals surface area contributed by atoms with Gasteiger partial charge in [0.15, 0.2) is 0 Å². The molecular formula is C13H19N5O2. The summed E-state index contributed by atoms with van der Waals surface area (Å²) >= 11 is 0. The summed E-state index contributed by atoms with van der Waals surface area (Å²) in [5.41, 5.74) is 12.4. The van der Waals surface area contributed by atoms with E-state index in [-0.39, 0.29) is 23.3 Å². The summed E-state index contributed by atoms with van der Waals surface area (Å²) in [6.07, 6.45) is 0. The van der Waals surface area contributed by atoms with Gasteiger partial charge in [0.25, 0.3) is 5.91 Å². The molecule has 0 aromatic carbocycles. The second-order valence-corrected chi connectivity index (χ2v) is 5.28. The van der Waals surface area contributed by atoms with Gasteiger partial charge in [0.05, 0.1) is 0 Å². The number of anilines is 1. The molecule has 2 aromatic rings. The van der Waals surface area contributed by atoms with Gasteiger partial charge in [-0.3, -0.25) is 4.79 Å². The van der Waals surface area contributed by atoms with E-state index in [2.05, 4.69) is 10.3 Å². The van der Waals surface area contributed by atoms with Gasteiger partial charge in [-0.2, -0.15) is 5.10 Å². The van der Waals surface area contributed by atoms with E-state index in [0.29, 0.717) is 17.1 Å². The molecule has 0 saturated heterocycles. The normalized spacial score (nSPS) is 11.5. The van der Waals surface area contributed by atoms with E-state index in [0.717, 1.165) is 0 Å². The number of hydrogen-bond acceptors (Lipinski definition) is 5. The number of amides is 1. The van der Waals surface area contributed by atoms with Crippen LogP contribution in [-0.2, 0) is 0 Å². The van der Waals surface area contributed by atoms with Crippen LogP contribution in [0.1, 0.15) is 55.8 Å². The van der Waals surface area contributed by atoms with Gasteiger partial charge < -0.3 is 16.0 Å². The van der Waals surface area contributed by atoms with E-state index < -0.39 is 5.91 Å². The highest BCUT2D eigenvalue weighted by Crippen LogP contribution is 2.29. The van der Waals surface area contributed by atoms with E-state index in [1.54, 1.807) is 10.7 Å². The summed E-state index contributed by atoms with van der Waals surface area (Å²) in [6, 6.07) is 1.77. The van der Waals surface area contributed by atoms with Crippen LogP contribution < -0.4 is 11.5 Å². The fourth-order valence-corrected chi connectivity index (χ4v) is 1.94. The third kappa shape index (κ3) is 2.26. The molecule has 2 heterocycles. The molecule has 20 heavy (non-hydrogen) atoms. The van der Waals surface area contributed by atoms with Crippen molar-refractivity contribution in [2.75, 3.05) is 5.73 Å². The molecule has 0 aliphatic carbocycles. The smallest absolute Gasteiger partial charge is 0.254 e. The Balaban J connectivity index is 2.60. The molecule has 0 radical (unpaired) electrons. The van der Waals surface area contributed by atoms with Gasteiger partial charge in [0.1, 0.15) is 28.5 Å². The lowest BCUT2D eigenvalue weighted by atomic mass is 10.1. The van der Waals surface area contributed by atoms with Crippen molar-refractivity contribution in [1.82, 2.24) is 14.9 Å². The van der Waals surface area contributed by atoms with E-state index in [4.69, 9.17) is 16.0 Å². The highest BCUT2D eigenvalue weighted by atomic mass is 16.5. The Labute approximate surface area is 116 Å².